The average Bonchev–Trinajstić information content (AvgIpc) is 2.21. The second kappa shape index (κ2) is 4.35. The lowest BCUT2D eigenvalue weighted by Crippen LogP contribution is -2.39. The lowest BCUT2D eigenvalue weighted by molar-refractivity contribution is 0.637. The van der Waals surface area contributed by atoms with Gasteiger partial charge in [0.2, 0.25) is 0 Å². The fraction of sp³-hybridized carbons (Fsp3) is 0.333. The number of hydrogen-bond acceptors (Lipinski definition) is 3. The van der Waals surface area contributed by atoms with Gasteiger partial charge in [-0.15, -0.1) is 0 Å². The number of aromatic nitrogens is 2. The average molecular weight is 230 g/mol. The Hall–Kier alpha value is -1.49. The highest BCUT2D eigenvalue weighted by molar-refractivity contribution is 6.25. The molecule has 0 bridgehead atoms. The van der Waals surface area contributed by atoms with E-state index in [0.29, 0.717) is 5.57 Å². The normalized spacial score (nSPS) is 11.8. The third-order valence-corrected chi connectivity index (χ3v) is 2.32. The summed E-state index contributed by atoms with van der Waals surface area (Å²) in [5.41, 5.74) is 6.64. The van der Waals surface area contributed by atoms with Gasteiger partial charge in [0.15, 0.2) is 0 Å². The fourth-order valence-electron chi connectivity index (χ4n) is 1.18. The molecule has 15 heavy (non-hydrogen) atoms. The molecule has 0 aliphatic rings. The number of nitrogens with two attached hydrogens (primary N) is 1. The molecule has 5 nitrogen and oxygen atoms in total. The van der Waals surface area contributed by atoms with E-state index in [0.717, 1.165) is 4.57 Å². The van der Waals surface area contributed by atoms with Crippen LogP contribution >= 0.6 is 11.6 Å². The maximum absolute atomic E-state index is 11.6. The Kier molecular flexibility index (Phi) is 3.36. The van der Waals surface area contributed by atoms with Crippen LogP contribution in [0.5, 0.6) is 0 Å². The minimum atomic E-state index is -0.490. The van der Waals surface area contributed by atoms with Gasteiger partial charge in [-0.05, 0) is 12.5 Å². The molecule has 1 aromatic heterocycles. The quantitative estimate of drug-likeness (QED) is 0.792. The third-order valence-electron chi connectivity index (χ3n) is 1.95. The van der Waals surface area contributed by atoms with Crippen molar-refractivity contribution in [3.8, 4) is 0 Å². The molecule has 0 unspecified atom stereocenters. The van der Waals surface area contributed by atoms with Gasteiger partial charge in [0.1, 0.15) is 5.69 Å². The van der Waals surface area contributed by atoms with Gasteiger partial charge in [0, 0.05) is 18.8 Å². The molecule has 1 heterocycles. The summed E-state index contributed by atoms with van der Waals surface area (Å²) in [6.45, 7) is 1.88. The third kappa shape index (κ3) is 2.30. The highest BCUT2D eigenvalue weighted by atomic mass is 35.5. The van der Waals surface area contributed by atoms with Crippen LogP contribution in [0.25, 0.3) is 0 Å². The maximum Gasteiger partial charge on any atom is 0.331 e. The van der Waals surface area contributed by atoms with Crippen LogP contribution in [-0.4, -0.2) is 9.13 Å². The fourth-order valence-corrected chi connectivity index (χ4v) is 1.24. The lowest BCUT2D eigenvalue weighted by atomic mass is 10.3. The summed E-state index contributed by atoms with van der Waals surface area (Å²) in [5.74, 6) is 0. The van der Waals surface area contributed by atoms with Gasteiger partial charge < -0.3 is 10.3 Å². The highest BCUT2D eigenvalue weighted by Gasteiger charge is 2.07. The molecule has 1 rings (SSSR count). The molecule has 2 N–H and O–H groups in total. The van der Waals surface area contributed by atoms with E-state index in [1.807, 2.05) is 0 Å². The minimum Gasteiger partial charge on any atom is -0.393 e. The smallest absolute Gasteiger partial charge is 0.331 e. The van der Waals surface area contributed by atoms with Crippen molar-refractivity contribution in [3.05, 3.63) is 38.1 Å². The maximum atomic E-state index is 11.6. The summed E-state index contributed by atoms with van der Waals surface area (Å²) in [4.78, 5) is 23.1. The van der Waals surface area contributed by atoms with E-state index in [1.54, 1.807) is 6.92 Å². The van der Waals surface area contributed by atoms with E-state index < -0.39 is 11.2 Å². The summed E-state index contributed by atoms with van der Waals surface area (Å²) in [6.07, 6.45) is 1.31. The predicted molar refractivity (Wildman–Crippen MR) is 60.0 cm³/mol. The highest BCUT2D eigenvalue weighted by Crippen LogP contribution is 1.97. The van der Waals surface area contributed by atoms with Crippen LogP contribution in [0.4, 0.5) is 5.69 Å². The molecule has 0 amide bonds. The number of rotatable bonds is 2. The van der Waals surface area contributed by atoms with Crippen LogP contribution in [0.1, 0.15) is 6.92 Å². The number of aryl methyl sites for hydroxylation is 1. The SMILES string of the molecule is CC(=CCl)Cn1c(=O)c(N)cn(C)c1=O. The monoisotopic (exact) mass is 229 g/mol. The number of hydrogen-bond donors (Lipinski definition) is 1. The van der Waals surface area contributed by atoms with Gasteiger partial charge >= 0.3 is 5.69 Å². The Morgan fingerprint density at radius 2 is 2.20 bits per heavy atom. The first-order valence-electron chi connectivity index (χ1n) is 4.29. The molecule has 0 saturated heterocycles. The Morgan fingerprint density at radius 3 is 2.73 bits per heavy atom. The zero-order valence-electron chi connectivity index (χ0n) is 8.53. The molecule has 0 spiro atoms. The van der Waals surface area contributed by atoms with Crippen molar-refractivity contribution in [3.63, 3.8) is 0 Å². The number of anilines is 1. The van der Waals surface area contributed by atoms with Gasteiger partial charge in [-0.2, -0.15) is 0 Å². The first kappa shape index (κ1) is 11.6. The summed E-state index contributed by atoms with van der Waals surface area (Å²) in [6, 6.07) is 0. The van der Waals surface area contributed by atoms with Crippen molar-refractivity contribution in [1.82, 2.24) is 9.13 Å². The second-order valence-electron chi connectivity index (χ2n) is 3.32. The van der Waals surface area contributed by atoms with E-state index in [2.05, 4.69) is 0 Å². The van der Waals surface area contributed by atoms with E-state index in [4.69, 9.17) is 17.3 Å². The molecule has 1 aromatic rings. The Labute approximate surface area is 91.4 Å². The van der Waals surface area contributed by atoms with Gasteiger partial charge in [0.25, 0.3) is 5.56 Å². The Bertz CT molecular complexity index is 479. The van der Waals surface area contributed by atoms with Crippen molar-refractivity contribution in [1.29, 1.82) is 0 Å². The van der Waals surface area contributed by atoms with Crippen molar-refractivity contribution in [2.75, 3.05) is 5.73 Å². The topological polar surface area (TPSA) is 70.0 Å². The molecule has 6 heteroatoms. The van der Waals surface area contributed by atoms with Crippen LogP contribution in [0, 0.1) is 0 Å². The molecule has 0 fully saturated rings. The number of halogens is 1. The molecule has 82 valence electrons. The van der Waals surface area contributed by atoms with Crippen LogP contribution in [0.15, 0.2) is 26.9 Å². The van der Waals surface area contributed by atoms with Crippen molar-refractivity contribution >= 4 is 17.3 Å². The zero-order valence-corrected chi connectivity index (χ0v) is 9.28. The predicted octanol–water partition coefficient (Wildman–Crippen LogP) is 0.272. The standard InChI is InChI=1S/C9H12ClN3O2/c1-6(3-10)4-13-8(14)7(11)5-12(2)9(13)15/h3,5H,4,11H2,1-2H3. The van der Waals surface area contributed by atoms with Crippen molar-refractivity contribution < 1.29 is 0 Å². The van der Waals surface area contributed by atoms with Gasteiger partial charge in [-0.25, -0.2) is 4.79 Å². The first-order chi connectivity index (χ1) is 6.97. The summed E-state index contributed by atoms with van der Waals surface area (Å²) in [5, 5.41) is 0. The Morgan fingerprint density at radius 1 is 1.60 bits per heavy atom. The molecule has 0 aliphatic carbocycles. The summed E-state index contributed by atoms with van der Waals surface area (Å²) in [7, 11) is 1.54. The molecule has 0 saturated carbocycles. The summed E-state index contributed by atoms with van der Waals surface area (Å²) < 4.78 is 2.31. The molecule has 0 atom stereocenters. The molecule has 0 radical (unpaired) electrons. The molecular formula is C9H12ClN3O2. The molecule has 0 aliphatic heterocycles. The van der Waals surface area contributed by atoms with Crippen LogP contribution < -0.4 is 17.0 Å². The largest absolute Gasteiger partial charge is 0.393 e. The van der Waals surface area contributed by atoms with Gasteiger partial charge in [-0.3, -0.25) is 9.36 Å². The van der Waals surface area contributed by atoms with E-state index in [1.165, 1.54) is 23.3 Å². The first-order valence-corrected chi connectivity index (χ1v) is 4.72. The van der Waals surface area contributed by atoms with Gasteiger partial charge in [-0.1, -0.05) is 11.6 Å². The second-order valence-corrected chi connectivity index (χ2v) is 3.54. The van der Waals surface area contributed by atoms with E-state index in [-0.39, 0.29) is 12.2 Å². The number of nitrogens with zero attached hydrogens (tertiary/aromatic N) is 2. The molecular weight excluding hydrogens is 218 g/mol. The Balaban J connectivity index is 3.41. The minimum absolute atomic E-state index is 0.0412. The van der Waals surface area contributed by atoms with Crippen molar-refractivity contribution in [2.24, 2.45) is 7.05 Å². The van der Waals surface area contributed by atoms with Crippen molar-refractivity contribution in [2.45, 2.75) is 13.5 Å². The summed E-state index contributed by atoms with van der Waals surface area (Å²) >= 11 is 5.47. The van der Waals surface area contributed by atoms with E-state index in [9.17, 15) is 9.59 Å². The zero-order chi connectivity index (χ0) is 11.6. The van der Waals surface area contributed by atoms with E-state index >= 15 is 0 Å². The van der Waals surface area contributed by atoms with Gasteiger partial charge in [0.05, 0.1) is 6.54 Å². The lowest BCUT2D eigenvalue weighted by Gasteiger charge is -2.07. The van der Waals surface area contributed by atoms with Crippen LogP contribution in [-0.2, 0) is 13.6 Å². The molecule has 0 aromatic carbocycles. The van der Waals surface area contributed by atoms with Crippen LogP contribution in [0.2, 0.25) is 0 Å². The van der Waals surface area contributed by atoms with Crippen LogP contribution in [0.3, 0.4) is 0 Å². The number of allylic oxidation sites excluding steroid dienone is 1. The number of nitrogen functional groups attached to an aromatic ring is 1.